The first-order chi connectivity index (χ1) is 9.27. The van der Waals surface area contributed by atoms with E-state index in [0.717, 1.165) is 0 Å². The van der Waals surface area contributed by atoms with Crippen LogP contribution < -0.4 is 0 Å². The maximum atomic E-state index is 12.2. The summed E-state index contributed by atoms with van der Waals surface area (Å²) in [5.74, 6) is -1.29. The van der Waals surface area contributed by atoms with E-state index < -0.39 is 17.5 Å². The van der Waals surface area contributed by atoms with Crippen LogP contribution in [0.4, 0.5) is 0 Å². The van der Waals surface area contributed by atoms with Gasteiger partial charge >= 0.3 is 11.9 Å². The number of esters is 2. The van der Waals surface area contributed by atoms with Gasteiger partial charge in [-0.2, -0.15) is 0 Å². The molecular weight excluding hydrogens is 260 g/mol. The number of ether oxygens (including phenoxy) is 2. The highest BCUT2D eigenvalue weighted by molar-refractivity contribution is 6.03. The molecule has 0 aliphatic carbocycles. The molecule has 0 radical (unpaired) electrons. The van der Waals surface area contributed by atoms with E-state index in [9.17, 15) is 14.4 Å². The number of hydrogen-bond acceptors (Lipinski definition) is 5. The average molecular weight is 278 g/mol. The highest BCUT2D eigenvalue weighted by Crippen LogP contribution is 2.18. The summed E-state index contributed by atoms with van der Waals surface area (Å²) in [5.41, 5.74) is -0.505. The number of carbonyl (C=O) groups is 3. The second-order valence-electron chi connectivity index (χ2n) is 4.73. The molecule has 0 aliphatic rings. The van der Waals surface area contributed by atoms with E-state index in [0.29, 0.717) is 17.7 Å². The molecule has 0 atom stereocenters. The lowest BCUT2D eigenvalue weighted by molar-refractivity contribution is -0.149. The maximum absolute atomic E-state index is 12.2. The first-order valence-electron chi connectivity index (χ1n) is 6.29. The number of carbonyl (C=O) groups excluding carboxylic acids is 3. The molecule has 0 saturated heterocycles. The fourth-order valence-electron chi connectivity index (χ4n) is 1.73. The number of hydrogen-bond donors (Lipinski definition) is 0. The Bertz CT molecular complexity index is 514. The van der Waals surface area contributed by atoms with E-state index >= 15 is 0 Å². The quantitative estimate of drug-likeness (QED) is 0.611. The van der Waals surface area contributed by atoms with Crippen LogP contribution in [0.3, 0.4) is 0 Å². The zero-order valence-corrected chi connectivity index (χ0v) is 12.1. The van der Waals surface area contributed by atoms with Crippen LogP contribution in [0.1, 0.15) is 48.4 Å². The van der Waals surface area contributed by atoms with E-state index in [2.05, 4.69) is 0 Å². The number of benzene rings is 1. The Balaban J connectivity index is 2.90. The van der Waals surface area contributed by atoms with Crippen molar-refractivity contribution in [2.45, 2.75) is 33.3 Å². The molecule has 0 fully saturated rings. The van der Waals surface area contributed by atoms with Crippen molar-refractivity contribution in [3.63, 3.8) is 0 Å². The molecule has 5 nitrogen and oxygen atoms in total. The van der Waals surface area contributed by atoms with E-state index in [4.69, 9.17) is 9.47 Å². The molecule has 0 aromatic heterocycles. The number of rotatable bonds is 5. The van der Waals surface area contributed by atoms with Crippen LogP contribution in [0.5, 0.6) is 0 Å². The van der Waals surface area contributed by atoms with Gasteiger partial charge in [0, 0.05) is 12.5 Å². The highest BCUT2D eigenvalue weighted by atomic mass is 16.6. The molecule has 0 aliphatic heterocycles. The van der Waals surface area contributed by atoms with Crippen molar-refractivity contribution in [2.75, 3.05) is 6.61 Å². The lowest BCUT2D eigenvalue weighted by atomic mass is 9.96. The molecular formula is C15H18O5. The minimum Gasteiger partial charge on any atom is -0.462 e. The topological polar surface area (TPSA) is 69.7 Å². The second-order valence-corrected chi connectivity index (χ2v) is 4.73. The average Bonchev–Trinajstić information content (AvgIpc) is 2.37. The van der Waals surface area contributed by atoms with Crippen molar-refractivity contribution >= 4 is 17.7 Å². The van der Waals surface area contributed by atoms with Crippen molar-refractivity contribution in [1.82, 2.24) is 0 Å². The molecule has 0 heterocycles. The zero-order valence-electron chi connectivity index (χ0n) is 12.1. The fraction of sp³-hybridized carbons (Fsp3) is 0.400. The van der Waals surface area contributed by atoms with Gasteiger partial charge in [-0.1, -0.05) is 12.1 Å². The summed E-state index contributed by atoms with van der Waals surface area (Å²) in [6, 6.07) is 6.05. The van der Waals surface area contributed by atoms with E-state index in [1.165, 1.54) is 45.0 Å². The second kappa shape index (κ2) is 6.32. The van der Waals surface area contributed by atoms with Gasteiger partial charge < -0.3 is 9.47 Å². The van der Waals surface area contributed by atoms with Gasteiger partial charge in [0.1, 0.15) is 0 Å². The summed E-state index contributed by atoms with van der Waals surface area (Å²) in [6.07, 6.45) is 0. The Morgan fingerprint density at radius 2 is 1.55 bits per heavy atom. The molecule has 0 N–H and O–H groups in total. The smallest absolute Gasteiger partial charge is 0.338 e. The monoisotopic (exact) mass is 278 g/mol. The van der Waals surface area contributed by atoms with Gasteiger partial charge in [-0.15, -0.1) is 0 Å². The first-order valence-corrected chi connectivity index (χ1v) is 6.29. The molecule has 1 aromatic rings. The predicted octanol–water partition coefficient (Wildman–Crippen LogP) is 2.39. The van der Waals surface area contributed by atoms with E-state index in [1.807, 2.05) is 0 Å². The third-order valence-corrected chi connectivity index (χ3v) is 2.60. The van der Waals surface area contributed by atoms with Crippen LogP contribution >= 0.6 is 0 Å². The van der Waals surface area contributed by atoms with Gasteiger partial charge in [0.15, 0.2) is 5.60 Å². The molecule has 5 heteroatoms. The van der Waals surface area contributed by atoms with Gasteiger partial charge in [0.2, 0.25) is 5.78 Å². The lowest BCUT2D eigenvalue weighted by Crippen LogP contribution is -2.36. The standard InChI is InChI=1S/C15H18O5/c1-5-19-14(18)12-8-6-11(7-9-12)13(17)15(3,4)20-10(2)16/h6-9H,5H2,1-4H3. The molecule has 0 unspecified atom stereocenters. The SMILES string of the molecule is CCOC(=O)c1ccc(C(=O)C(C)(C)OC(C)=O)cc1. The van der Waals surface area contributed by atoms with Crippen LogP contribution in [-0.2, 0) is 14.3 Å². The first kappa shape index (κ1) is 15.9. The van der Waals surface area contributed by atoms with Crippen molar-refractivity contribution < 1.29 is 23.9 Å². The highest BCUT2D eigenvalue weighted by Gasteiger charge is 2.31. The van der Waals surface area contributed by atoms with Gasteiger partial charge in [-0.05, 0) is 32.9 Å². The summed E-state index contributed by atoms with van der Waals surface area (Å²) < 4.78 is 9.85. The van der Waals surface area contributed by atoms with Gasteiger partial charge in [0.25, 0.3) is 0 Å². The van der Waals surface area contributed by atoms with Crippen LogP contribution in [0, 0.1) is 0 Å². The Morgan fingerprint density at radius 1 is 1.05 bits per heavy atom. The van der Waals surface area contributed by atoms with Gasteiger partial charge in [0.05, 0.1) is 12.2 Å². The number of ketones is 1. The van der Waals surface area contributed by atoms with Crippen molar-refractivity contribution in [3.8, 4) is 0 Å². The Hall–Kier alpha value is -2.17. The number of Topliss-reactive ketones (excluding diaryl/α,β-unsaturated/α-hetero) is 1. The molecule has 0 bridgehead atoms. The molecule has 1 rings (SSSR count). The van der Waals surface area contributed by atoms with Gasteiger partial charge in [-0.3, -0.25) is 9.59 Å². The Kier molecular flexibility index (Phi) is 5.02. The summed E-state index contributed by atoms with van der Waals surface area (Å²) in [6.45, 7) is 6.31. The molecule has 20 heavy (non-hydrogen) atoms. The van der Waals surface area contributed by atoms with Crippen LogP contribution in [0.25, 0.3) is 0 Å². The molecule has 108 valence electrons. The van der Waals surface area contributed by atoms with Crippen molar-refractivity contribution in [3.05, 3.63) is 35.4 Å². The fourth-order valence-corrected chi connectivity index (χ4v) is 1.73. The minimum absolute atomic E-state index is 0.291. The van der Waals surface area contributed by atoms with Crippen molar-refractivity contribution in [1.29, 1.82) is 0 Å². The summed E-state index contributed by atoms with van der Waals surface area (Å²) in [5, 5.41) is 0. The Labute approximate surface area is 117 Å². The summed E-state index contributed by atoms with van der Waals surface area (Å²) in [4.78, 5) is 34.7. The summed E-state index contributed by atoms with van der Waals surface area (Å²) in [7, 11) is 0. The predicted molar refractivity (Wildman–Crippen MR) is 72.6 cm³/mol. The molecule has 0 spiro atoms. The third-order valence-electron chi connectivity index (χ3n) is 2.60. The maximum Gasteiger partial charge on any atom is 0.338 e. The summed E-state index contributed by atoms with van der Waals surface area (Å²) >= 11 is 0. The van der Waals surface area contributed by atoms with E-state index in [-0.39, 0.29) is 5.78 Å². The third kappa shape index (κ3) is 3.91. The van der Waals surface area contributed by atoms with Crippen LogP contribution in [0.2, 0.25) is 0 Å². The van der Waals surface area contributed by atoms with Gasteiger partial charge in [-0.25, -0.2) is 4.79 Å². The molecule has 1 aromatic carbocycles. The minimum atomic E-state index is -1.24. The lowest BCUT2D eigenvalue weighted by Gasteiger charge is -2.22. The van der Waals surface area contributed by atoms with Crippen LogP contribution in [0.15, 0.2) is 24.3 Å². The molecule has 0 saturated carbocycles. The Morgan fingerprint density at radius 3 is 2.00 bits per heavy atom. The van der Waals surface area contributed by atoms with Crippen LogP contribution in [-0.4, -0.2) is 29.9 Å². The zero-order chi connectivity index (χ0) is 15.3. The largest absolute Gasteiger partial charge is 0.462 e. The van der Waals surface area contributed by atoms with E-state index in [1.54, 1.807) is 6.92 Å². The molecule has 0 amide bonds. The van der Waals surface area contributed by atoms with Crippen molar-refractivity contribution in [2.24, 2.45) is 0 Å². The normalized spacial score (nSPS) is 10.8.